The molecule has 5 rings (SSSR count). The average Bonchev–Trinajstić information content (AvgIpc) is 3.31. The number of carbonyl (C=O) groups excluding carboxylic acids is 4. The molecule has 0 fully saturated rings. The second-order valence-electron chi connectivity index (χ2n) is 9.23. The van der Waals surface area contributed by atoms with Crippen molar-refractivity contribution in [3.05, 3.63) is 104 Å². The zero-order valence-corrected chi connectivity index (χ0v) is 20.4. The third-order valence-electron chi connectivity index (χ3n) is 6.79. The highest BCUT2D eigenvalue weighted by molar-refractivity contribution is 6.16. The minimum Gasteiger partial charge on any atom is -0.386 e. The molecule has 230 valence electrons. The molecule has 0 saturated carbocycles. The fourth-order valence-electron chi connectivity index (χ4n) is 5.11. The summed E-state index contributed by atoms with van der Waals surface area (Å²) in [6.45, 7) is 0. The molecule has 0 unspecified atom stereocenters. The highest BCUT2D eigenvalue weighted by Crippen LogP contribution is 2.58. The molecule has 0 saturated heterocycles. The van der Waals surface area contributed by atoms with Crippen LogP contribution in [0.4, 0.5) is 52.7 Å². The number of hydrogen-bond donors (Lipinski definition) is 0. The molecule has 0 aromatic heterocycles. The van der Waals surface area contributed by atoms with Gasteiger partial charge in [-0.25, -0.2) is 32.3 Å². The van der Waals surface area contributed by atoms with E-state index in [0.29, 0.717) is 0 Å². The van der Waals surface area contributed by atoms with Gasteiger partial charge in [0.05, 0.1) is 33.4 Å². The first kappa shape index (κ1) is 30.6. The summed E-state index contributed by atoms with van der Waals surface area (Å²) in [7, 11) is 0. The molecule has 6 nitrogen and oxygen atoms in total. The maximum atomic E-state index is 15.6. The van der Waals surface area contributed by atoms with Crippen LogP contribution in [0.25, 0.3) is 0 Å². The van der Waals surface area contributed by atoms with Crippen LogP contribution in [-0.4, -0.2) is 30.1 Å². The normalized spacial score (nSPS) is 15.4. The number of halogens is 12. The standard InChI is InChI=1S/C26H6F12O6/c27-7-1-16(28)18(17(29)2-7)23(26(36,37)38,12-3-8-10(21(41)43-19(8)39)5-14(12)24(30,31)32)13-4-9-11(22(42)44-20(9)40)6-15(13)25(33,34)35/h1-6H. The van der Waals surface area contributed by atoms with Crippen LogP contribution >= 0.6 is 0 Å². The van der Waals surface area contributed by atoms with E-state index in [1.54, 1.807) is 0 Å². The Labute approximate surface area is 233 Å². The number of benzene rings is 3. The lowest BCUT2D eigenvalue weighted by Gasteiger charge is -2.40. The molecule has 0 bridgehead atoms. The van der Waals surface area contributed by atoms with Crippen molar-refractivity contribution >= 4 is 23.9 Å². The van der Waals surface area contributed by atoms with Crippen molar-refractivity contribution in [1.82, 2.24) is 0 Å². The topological polar surface area (TPSA) is 86.7 Å². The predicted molar refractivity (Wildman–Crippen MR) is 115 cm³/mol. The number of cyclic esters (lactones) is 4. The minimum atomic E-state index is -6.69. The van der Waals surface area contributed by atoms with Crippen molar-refractivity contribution in [2.45, 2.75) is 23.9 Å². The summed E-state index contributed by atoms with van der Waals surface area (Å²) >= 11 is 0. The van der Waals surface area contributed by atoms with Gasteiger partial charge in [0.25, 0.3) is 0 Å². The molecule has 0 aliphatic carbocycles. The number of hydrogen-bond acceptors (Lipinski definition) is 6. The molecule has 2 aliphatic rings. The monoisotopic (exact) mass is 642 g/mol. The van der Waals surface area contributed by atoms with Crippen LogP contribution < -0.4 is 0 Å². The van der Waals surface area contributed by atoms with Gasteiger partial charge in [-0.15, -0.1) is 0 Å². The zero-order valence-electron chi connectivity index (χ0n) is 20.4. The van der Waals surface area contributed by atoms with Crippen molar-refractivity contribution in [2.24, 2.45) is 0 Å². The largest absolute Gasteiger partial charge is 0.416 e. The Kier molecular flexibility index (Phi) is 6.46. The van der Waals surface area contributed by atoms with Crippen molar-refractivity contribution in [3.63, 3.8) is 0 Å². The third kappa shape index (κ3) is 4.29. The Bertz CT molecular complexity index is 1720. The Morgan fingerprint density at radius 3 is 1.02 bits per heavy atom. The summed E-state index contributed by atoms with van der Waals surface area (Å²) in [5.74, 6) is -14.6. The molecule has 0 N–H and O–H groups in total. The quantitative estimate of drug-likeness (QED) is 0.138. The van der Waals surface area contributed by atoms with Gasteiger partial charge in [0.15, 0.2) is 0 Å². The molecule has 44 heavy (non-hydrogen) atoms. The molecule has 0 atom stereocenters. The third-order valence-corrected chi connectivity index (χ3v) is 6.79. The smallest absolute Gasteiger partial charge is 0.386 e. The lowest BCUT2D eigenvalue weighted by Crippen LogP contribution is -2.48. The lowest BCUT2D eigenvalue weighted by atomic mass is 9.64. The first-order valence-corrected chi connectivity index (χ1v) is 11.4. The van der Waals surface area contributed by atoms with Crippen molar-refractivity contribution < 1.29 is 81.3 Å². The van der Waals surface area contributed by atoms with Crippen LogP contribution in [0, 0.1) is 17.5 Å². The van der Waals surface area contributed by atoms with Gasteiger partial charge >= 0.3 is 42.4 Å². The second-order valence-corrected chi connectivity index (χ2v) is 9.23. The van der Waals surface area contributed by atoms with Gasteiger partial charge in [0, 0.05) is 17.7 Å². The van der Waals surface area contributed by atoms with Crippen molar-refractivity contribution in [3.8, 4) is 0 Å². The van der Waals surface area contributed by atoms with Gasteiger partial charge in [-0.3, -0.25) is 0 Å². The van der Waals surface area contributed by atoms with E-state index in [1.807, 2.05) is 0 Å². The van der Waals surface area contributed by atoms with Crippen LogP contribution in [0.1, 0.15) is 69.2 Å². The molecule has 3 aromatic carbocycles. The van der Waals surface area contributed by atoms with Crippen LogP contribution in [-0.2, 0) is 27.2 Å². The van der Waals surface area contributed by atoms with E-state index in [1.165, 1.54) is 0 Å². The van der Waals surface area contributed by atoms with Gasteiger partial charge in [-0.1, -0.05) is 0 Å². The fraction of sp³-hybridized carbons (Fsp3) is 0.154. The minimum absolute atomic E-state index is 0.391. The summed E-state index contributed by atoms with van der Waals surface area (Å²) in [4.78, 5) is 48.3. The molecule has 0 amide bonds. The number of rotatable bonds is 3. The first-order valence-electron chi connectivity index (χ1n) is 11.4. The van der Waals surface area contributed by atoms with Crippen LogP contribution in [0.15, 0.2) is 36.4 Å². The Balaban J connectivity index is 2.15. The maximum absolute atomic E-state index is 15.6. The molecule has 2 heterocycles. The summed E-state index contributed by atoms with van der Waals surface area (Å²) in [5.41, 5.74) is -23.6. The molecule has 18 heteroatoms. The van der Waals surface area contributed by atoms with E-state index >= 15 is 22.0 Å². The Morgan fingerprint density at radius 2 is 0.750 bits per heavy atom. The van der Waals surface area contributed by atoms with E-state index in [0.717, 1.165) is 0 Å². The van der Waals surface area contributed by atoms with Crippen molar-refractivity contribution in [1.29, 1.82) is 0 Å². The fourth-order valence-corrected chi connectivity index (χ4v) is 5.11. The SMILES string of the molecule is O=C1OC(=O)c2cc(C(c3cc4c(cc3C(F)(F)F)C(=O)OC4=O)(c3c(F)cc(F)cc3F)C(F)(F)F)c(C(F)(F)F)cc21. The molecule has 2 aliphatic heterocycles. The average molecular weight is 642 g/mol. The van der Waals surface area contributed by atoms with E-state index < -0.39 is 152 Å². The Hall–Kier alpha value is -4.90. The number of alkyl halides is 9. The van der Waals surface area contributed by atoms with E-state index in [-0.39, 0.29) is 0 Å². The highest BCUT2D eigenvalue weighted by Gasteiger charge is 2.65. The van der Waals surface area contributed by atoms with Gasteiger partial charge < -0.3 is 9.47 Å². The van der Waals surface area contributed by atoms with E-state index in [9.17, 15) is 49.9 Å². The molecular formula is C26H6F12O6. The lowest BCUT2D eigenvalue weighted by molar-refractivity contribution is -0.175. The van der Waals surface area contributed by atoms with Gasteiger partial charge in [-0.2, -0.15) is 39.5 Å². The maximum Gasteiger partial charge on any atom is 0.416 e. The second kappa shape index (κ2) is 9.30. The molecule has 0 radical (unpaired) electrons. The summed E-state index contributed by atoms with van der Waals surface area (Å²) in [6, 6.07) is -2.55. The molecular weight excluding hydrogens is 636 g/mol. The molecule has 0 spiro atoms. The van der Waals surface area contributed by atoms with Crippen molar-refractivity contribution in [2.75, 3.05) is 0 Å². The number of esters is 4. The van der Waals surface area contributed by atoms with Gasteiger partial charge in [0.2, 0.25) is 0 Å². The predicted octanol–water partition coefficient (Wildman–Crippen LogP) is 6.66. The van der Waals surface area contributed by atoms with Gasteiger partial charge in [0.1, 0.15) is 22.9 Å². The zero-order chi connectivity index (χ0) is 32.9. The van der Waals surface area contributed by atoms with Crippen LogP contribution in [0.2, 0.25) is 0 Å². The highest BCUT2D eigenvalue weighted by atomic mass is 19.4. The van der Waals surface area contributed by atoms with Gasteiger partial charge in [-0.05, 0) is 35.4 Å². The summed E-state index contributed by atoms with van der Waals surface area (Å²) in [5, 5.41) is 0. The summed E-state index contributed by atoms with van der Waals surface area (Å²) < 4.78 is 186. The number of carbonyl (C=O) groups is 4. The van der Waals surface area contributed by atoms with E-state index in [2.05, 4.69) is 9.47 Å². The van der Waals surface area contributed by atoms with Crippen LogP contribution in [0.3, 0.4) is 0 Å². The van der Waals surface area contributed by atoms with E-state index in [4.69, 9.17) is 0 Å². The summed E-state index contributed by atoms with van der Waals surface area (Å²) in [6.07, 6.45) is -18.8. The Morgan fingerprint density at radius 1 is 0.455 bits per heavy atom. The molecule has 3 aromatic rings. The number of fused-ring (bicyclic) bond motifs is 2. The first-order chi connectivity index (χ1) is 20.1. The number of ether oxygens (including phenoxy) is 2. The van der Waals surface area contributed by atoms with Crippen LogP contribution in [0.5, 0.6) is 0 Å².